The van der Waals surface area contributed by atoms with Crippen LogP contribution in [0.2, 0.25) is 0 Å². The highest BCUT2D eigenvalue weighted by atomic mass is 32.2. The summed E-state index contributed by atoms with van der Waals surface area (Å²) >= 11 is 1.63. The summed E-state index contributed by atoms with van der Waals surface area (Å²) in [5, 5.41) is 10.9. The van der Waals surface area contributed by atoms with Crippen LogP contribution in [-0.2, 0) is 9.63 Å². The highest BCUT2D eigenvalue weighted by molar-refractivity contribution is 7.98. The maximum atomic E-state index is 11.9. The van der Waals surface area contributed by atoms with Crippen molar-refractivity contribution < 1.29 is 9.63 Å². The Morgan fingerprint density at radius 2 is 2.00 bits per heavy atom. The topological polar surface area (TPSA) is 107 Å². The highest BCUT2D eigenvalue weighted by Gasteiger charge is 2.07. The van der Waals surface area contributed by atoms with Gasteiger partial charge in [0.1, 0.15) is 0 Å². The zero-order valence-electron chi connectivity index (χ0n) is 16.4. The molecule has 0 atom stereocenters. The molecule has 0 aliphatic carbocycles. The smallest absolute Gasteiger partial charge is 0.265 e. The molecule has 3 rings (SSSR count). The summed E-state index contributed by atoms with van der Waals surface area (Å²) in [5.41, 5.74) is 9.10. The Morgan fingerprint density at radius 1 is 1.24 bits per heavy atom. The minimum absolute atomic E-state index is 0.134. The van der Waals surface area contributed by atoms with Crippen molar-refractivity contribution in [3.8, 4) is 5.82 Å². The van der Waals surface area contributed by atoms with E-state index in [0.717, 1.165) is 16.3 Å². The molecule has 0 unspecified atom stereocenters. The number of hydrogen-bond donors (Lipinski definition) is 2. The number of nitrogens with two attached hydrogens (primary N) is 1. The number of rotatable bonds is 7. The second-order valence-corrected chi connectivity index (χ2v) is 7.15. The van der Waals surface area contributed by atoms with Crippen LogP contribution in [0.15, 0.2) is 58.7 Å². The van der Waals surface area contributed by atoms with Gasteiger partial charge in [-0.2, -0.15) is 5.10 Å². The van der Waals surface area contributed by atoms with Crippen LogP contribution in [-0.4, -0.2) is 39.4 Å². The first-order chi connectivity index (χ1) is 14.0. The van der Waals surface area contributed by atoms with Gasteiger partial charge in [0, 0.05) is 28.0 Å². The third-order valence-corrected chi connectivity index (χ3v) is 4.75. The van der Waals surface area contributed by atoms with E-state index in [9.17, 15) is 4.79 Å². The molecule has 0 spiro atoms. The van der Waals surface area contributed by atoms with Gasteiger partial charge in [-0.25, -0.2) is 9.67 Å². The van der Waals surface area contributed by atoms with Crippen molar-refractivity contribution >= 4 is 29.2 Å². The maximum Gasteiger partial charge on any atom is 0.265 e. The van der Waals surface area contributed by atoms with Crippen LogP contribution in [0.3, 0.4) is 0 Å². The van der Waals surface area contributed by atoms with E-state index in [-0.39, 0.29) is 18.3 Å². The number of amidine groups is 1. The average Bonchev–Trinajstić information content (AvgIpc) is 3.06. The molecule has 150 valence electrons. The van der Waals surface area contributed by atoms with Crippen molar-refractivity contribution in [1.29, 1.82) is 0 Å². The lowest BCUT2D eigenvalue weighted by atomic mass is 10.2. The third-order valence-electron chi connectivity index (χ3n) is 4.00. The molecule has 9 heteroatoms. The maximum absolute atomic E-state index is 11.9. The Hall–Kier alpha value is -3.33. The molecule has 29 heavy (non-hydrogen) atoms. The summed E-state index contributed by atoms with van der Waals surface area (Å²) in [4.78, 5) is 22.5. The fourth-order valence-electron chi connectivity index (χ4n) is 2.61. The van der Waals surface area contributed by atoms with E-state index >= 15 is 0 Å². The van der Waals surface area contributed by atoms with Crippen LogP contribution in [0.25, 0.3) is 5.82 Å². The number of aromatic nitrogens is 3. The van der Waals surface area contributed by atoms with Gasteiger partial charge in [0.25, 0.3) is 5.91 Å². The van der Waals surface area contributed by atoms with Crippen molar-refractivity contribution in [2.75, 3.05) is 18.2 Å². The SMILES string of the molecule is CSc1ccc(NC(=O)CO/N=C(/N)c2ccc(-n3nc(C)cc3C)nc2)cc1. The van der Waals surface area contributed by atoms with Gasteiger partial charge >= 0.3 is 0 Å². The van der Waals surface area contributed by atoms with E-state index < -0.39 is 0 Å². The number of thioether (sulfide) groups is 1. The van der Waals surface area contributed by atoms with E-state index in [4.69, 9.17) is 10.6 Å². The molecule has 0 bridgehead atoms. The van der Waals surface area contributed by atoms with Crippen molar-refractivity contribution in [2.24, 2.45) is 10.9 Å². The largest absolute Gasteiger partial charge is 0.384 e. The molecular formula is C20H22N6O2S. The number of anilines is 1. The standard InChI is InChI=1S/C20H22N6O2S/c1-13-10-14(2)26(24-13)18-9-4-15(11-22-18)20(21)25-28-12-19(27)23-16-5-7-17(29-3)8-6-16/h4-11H,12H2,1-3H3,(H2,21,25)(H,23,27). The first-order valence-electron chi connectivity index (χ1n) is 8.85. The number of carbonyl (C=O) groups excluding carboxylic acids is 1. The Bertz CT molecular complexity index is 1010. The Kier molecular flexibility index (Phi) is 6.50. The van der Waals surface area contributed by atoms with Crippen LogP contribution in [0, 0.1) is 13.8 Å². The van der Waals surface area contributed by atoms with Gasteiger partial charge in [0.2, 0.25) is 0 Å². The van der Waals surface area contributed by atoms with E-state index in [1.165, 1.54) is 0 Å². The molecule has 2 heterocycles. The zero-order valence-corrected chi connectivity index (χ0v) is 17.2. The minimum Gasteiger partial charge on any atom is -0.384 e. The Labute approximate surface area is 173 Å². The second-order valence-electron chi connectivity index (χ2n) is 6.27. The first kappa shape index (κ1) is 20.4. The molecule has 3 N–H and O–H groups in total. The molecule has 0 saturated carbocycles. The second kappa shape index (κ2) is 9.24. The Morgan fingerprint density at radius 3 is 2.59 bits per heavy atom. The summed E-state index contributed by atoms with van der Waals surface area (Å²) in [7, 11) is 0. The van der Waals surface area contributed by atoms with Gasteiger partial charge in [-0.1, -0.05) is 5.16 Å². The monoisotopic (exact) mass is 410 g/mol. The van der Waals surface area contributed by atoms with Crippen LogP contribution >= 0.6 is 11.8 Å². The molecule has 0 radical (unpaired) electrons. The van der Waals surface area contributed by atoms with Crippen LogP contribution in [0.4, 0.5) is 5.69 Å². The predicted molar refractivity (Wildman–Crippen MR) is 114 cm³/mol. The molecule has 1 aromatic carbocycles. The molecule has 8 nitrogen and oxygen atoms in total. The van der Waals surface area contributed by atoms with Gasteiger partial charge in [0.15, 0.2) is 18.3 Å². The van der Waals surface area contributed by atoms with Gasteiger partial charge < -0.3 is 15.9 Å². The predicted octanol–water partition coefficient (Wildman–Crippen LogP) is 2.88. The highest BCUT2D eigenvalue weighted by Crippen LogP contribution is 2.17. The third kappa shape index (κ3) is 5.35. The number of nitrogens with zero attached hydrogens (tertiary/aromatic N) is 4. The summed E-state index contributed by atoms with van der Waals surface area (Å²) in [6.45, 7) is 3.64. The summed E-state index contributed by atoms with van der Waals surface area (Å²) in [6.07, 6.45) is 3.58. The Balaban J connectivity index is 1.55. The fraction of sp³-hybridized carbons (Fsp3) is 0.200. The lowest BCUT2D eigenvalue weighted by Gasteiger charge is -2.06. The van der Waals surface area contributed by atoms with E-state index in [0.29, 0.717) is 17.1 Å². The van der Waals surface area contributed by atoms with E-state index in [2.05, 4.69) is 20.6 Å². The average molecular weight is 411 g/mol. The number of nitrogens with one attached hydrogen (secondary N) is 1. The number of hydrogen-bond acceptors (Lipinski definition) is 6. The molecule has 3 aromatic rings. The van der Waals surface area contributed by atoms with Gasteiger partial charge in [-0.15, -0.1) is 11.8 Å². The van der Waals surface area contributed by atoms with Crippen molar-refractivity contribution in [2.45, 2.75) is 18.7 Å². The molecule has 0 aliphatic rings. The fourth-order valence-corrected chi connectivity index (χ4v) is 3.02. The van der Waals surface area contributed by atoms with Crippen molar-refractivity contribution in [3.63, 3.8) is 0 Å². The first-order valence-corrected chi connectivity index (χ1v) is 10.1. The van der Waals surface area contributed by atoms with Gasteiger partial charge in [-0.05, 0) is 62.6 Å². The molecular weight excluding hydrogens is 388 g/mol. The summed E-state index contributed by atoms with van der Waals surface area (Å²) < 4.78 is 1.75. The quantitative estimate of drug-likeness (QED) is 0.268. The number of amides is 1. The summed E-state index contributed by atoms with van der Waals surface area (Å²) in [6, 6.07) is 13.1. The van der Waals surface area contributed by atoms with Crippen LogP contribution < -0.4 is 11.1 Å². The van der Waals surface area contributed by atoms with E-state index in [1.807, 2.05) is 50.4 Å². The van der Waals surface area contributed by atoms with Crippen LogP contribution in [0.1, 0.15) is 17.0 Å². The molecule has 0 aliphatic heterocycles. The lowest BCUT2D eigenvalue weighted by Crippen LogP contribution is -2.19. The van der Waals surface area contributed by atoms with E-state index in [1.54, 1.807) is 34.8 Å². The lowest BCUT2D eigenvalue weighted by molar-refractivity contribution is -0.120. The minimum atomic E-state index is -0.323. The number of oxime groups is 1. The van der Waals surface area contributed by atoms with Crippen molar-refractivity contribution in [1.82, 2.24) is 14.8 Å². The summed E-state index contributed by atoms with van der Waals surface area (Å²) in [5.74, 6) is 0.492. The molecule has 0 fully saturated rings. The number of pyridine rings is 1. The number of aryl methyl sites for hydroxylation is 2. The molecule has 2 aromatic heterocycles. The van der Waals surface area contributed by atoms with Gasteiger partial charge in [0.05, 0.1) is 5.69 Å². The zero-order chi connectivity index (χ0) is 20.8. The van der Waals surface area contributed by atoms with Gasteiger partial charge in [-0.3, -0.25) is 4.79 Å². The molecule has 0 saturated heterocycles. The molecule has 1 amide bonds. The van der Waals surface area contributed by atoms with Crippen LogP contribution in [0.5, 0.6) is 0 Å². The van der Waals surface area contributed by atoms with Crippen molar-refractivity contribution in [3.05, 3.63) is 65.6 Å². The number of benzene rings is 1. The number of carbonyl (C=O) groups is 1. The normalized spacial score (nSPS) is 11.3.